The number of aromatic nitrogens is 4. The number of amides is 2. The van der Waals surface area contributed by atoms with Gasteiger partial charge in [0.25, 0.3) is 11.8 Å². The number of likely N-dealkylation sites (tertiary alicyclic amines) is 1. The third-order valence-corrected chi connectivity index (χ3v) is 4.99. The van der Waals surface area contributed by atoms with Gasteiger partial charge in [0.15, 0.2) is 5.82 Å². The SMILES string of the molecule is Cc1cc(C(=O)N2C[C@@H](NC(=O)c3ccccc3)C[C@H]2c2n[nH]c(C)n2)ccn1. The number of carbonyl (C=O) groups excluding carboxylic acids is 2. The highest BCUT2D eigenvalue weighted by atomic mass is 16.2. The molecule has 1 aliphatic heterocycles. The van der Waals surface area contributed by atoms with Gasteiger partial charge in [-0.2, -0.15) is 5.10 Å². The molecule has 3 aromatic rings. The van der Waals surface area contributed by atoms with Crippen molar-refractivity contribution in [1.82, 2.24) is 30.4 Å². The van der Waals surface area contributed by atoms with Crippen LogP contribution in [0.1, 0.15) is 50.5 Å². The Bertz CT molecular complexity index is 1030. The molecule has 29 heavy (non-hydrogen) atoms. The Morgan fingerprint density at radius 3 is 2.62 bits per heavy atom. The molecular formula is C21H22N6O2. The molecule has 1 aromatic carbocycles. The maximum absolute atomic E-state index is 13.2. The summed E-state index contributed by atoms with van der Waals surface area (Å²) in [4.78, 5) is 36.1. The van der Waals surface area contributed by atoms with Gasteiger partial charge in [0, 0.05) is 35.6 Å². The lowest BCUT2D eigenvalue weighted by atomic mass is 10.1. The minimum atomic E-state index is -0.318. The first-order valence-electron chi connectivity index (χ1n) is 9.49. The molecular weight excluding hydrogens is 368 g/mol. The lowest BCUT2D eigenvalue weighted by Crippen LogP contribution is -2.38. The Balaban J connectivity index is 1.58. The molecule has 4 rings (SSSR count). The van der Waals surface area contributed by atoms with Crippen molar-refractivity contribution in [3.63, 3.8) is 0 Å². The van der Waals surface area contributed by atoms with E-state index in [1.54, 1.807) is 35.4 Å². The third kappa shape index (κ3) is 4.01. The number of hydrogen-bond donors (Lipinski definition) is 2. The molecule has 0 saturated carbocycles. The molecule has 0 bridgehead atoms. The number of benzene rings is 1. The monoisotopic (exact) mass is 390 g/mol. The fourth-order valence-corrected chi connectivity index (χ4v) is 3.62. The highest BCUT2D eigenvalue weighted by Gasteiger charge is 2.39. The summed E-state index contributed by atoms with van der Waals surface area (Å²) in [5.41, 5.74) is 1.92. The zero-order chi connectivity index (χ0) is 20.4. The smallest absolute Gasteiger partial charge is 0.254 e. The average Bonchev–Trinajstić information content (AvgIpc) is 3.34. The quantitative estimate of drug-likeness (QED) is 0.711. The van der Waals surface area contributed by atoms with Crippen molar-refractivity contribution >= 4 is 11.8 Å². The van der Waals surface area contributed by atoms with Crippen LogP contribution in [0.25, 0.3) is 0 Å². The second-order valence-corrected chi connectivity index (χ2v) is 7.21. The summed E-state index contributed by atoms with van der Waals surface area (Å²) in [5.74, 6) is 0.955. The second-order valence-electron chi connectivity index (χ2n) is 7.21. The Kier molecular flexibility index (Phi) is 5.07. The summed E-state index contributed by atoms with van der Waals surface area (Å²) in [5, 5.41) is 10.1. The number of rotatable bonds is 4. The molecule has 0 spiro atoms. The van der Waals surface area contributed by atoms with Crippen LogP contribution < -0.4 is 5.32 Å². The fraction of sp³-hybridized carbons (Fsp3) is 0.286. The van der Waals surface area contributed by atoms with Gasteiger partial charge in [-0.15, -0.1) is 0 Å². The molecule has 0 aliphatic carbocycles. The summed E-state index contributed by atoms with van der Waals surface area (Å²) in [6, 6.07) is 12.0. The standard InChI is InChI=1S/C21H22N6O2/c1-13-10-16(8-9-22-13)21(29)27-12-17(11-18(27)19-23-14(2)25-26-19)24-20(28)15-6-4-3-5-7-15/h3-10,17-18H,11-12H2,1-2H3,(H,24,28)(H,23,25,26)/t17-,18-/m0/s1. The zero-order valence-electron chi connectivity index (χ0n) is 16.3. The summed E-state index contributed by atoms with van der Waals surface area (Å²) in [6.07, 6.45) is 2.17. The van der Waals surface area contributed by atoms with E-state index in [0.717, 1.165) is 5.69 Å². The van der Waals surface area contributed by atoms with Crippen LogP contribution in [0.4, 0.5) is 0 Å². The molecule has 3 heterocycles. The van der Waals surface area contributed by atoms with Crippen molar-refractivity contribution in [3.05, 3.63) is 77.1 Å². The van der Waals surface area contributed by atoms with Crippen LogP contribution in [0.2, 0.25) is 0 Å². The van der Waals surface area contributed by atoms with Crippen molar-refractivity contribution < 1.29 is 9.59 Å². The first kappa shape index (κ1) is 18.8. The lowest BCUT2D eigenvalue weighted by Gasteiger charge is -2.22. The topological polar surface area (TPSA) is 104 Å². The number of aryl methyl sites for hydroxylation is 2. The van der Waals surface area contributed by atoms with Gasteiger partial charge in [-0.05, 0) is 44.5 Å². The maximum atomic E-state index is 13.2. The Labute approximate surface area is 168 Å². The van der Waals surface area contributed by atoms with Gasteiger partial charge in [-0.25, -0.2) is 4.98 Å². The average molecular weight is 390 g/mol. The van der Waals surface area contributed by atoms with Gasteiger partial charge in [-0.1, -0.05) is 18.2 Å². The number of nitrogens with one attached hydrogen (secondary N) is 2. The summed E-state index contributed by atoms with van der Waals surface area (Å²) >= 11 is 0. The molecule has 2 atom stereocenters. The molecule has 0 radical (unpaired) electrons. The van der Waals surface area contributed by atoms with Crippen LogP contribution in [0.15, 0.2) is 48.7 Å². The molecule has 2 aromatic heterocycles. The van der Waals surface area contributed by atoms with E-state index in [1.807, 2.05) is 32.0 Å². The van der Waals surface area contributed by atoms with Crippen molar-refractivity contribution in [3.8, 4) is 0 Å². The summed E-state index contributed by atoms with van der Waals surface area (Å²) < 4.78 is 0. The fourth-order valence-electron chi connectivity index (χ4n) is 3.62. The van der Waals surface area contributed by atoms with E-state index < -0.39 is 0 Å². The Morgan fingerprint density at radius 1 is 1.14 bits per heavy atom. The van der Waals surface area contributed by atoms with Gasteiger partial charge < -0.3 is 10.2 Å². The first-order valence-corrected chi connectivity index (χ1v) is 9.49. The molecule has 8 nitrogen and oxygen atoms in total. The number of nitrogens with zero attached hydrogens (tertiary/aromatic N) is 4. The largest absolute Gasteiger partial charge is 0.347 e. The summed E-state index contributed by atoms with van der Waals surface area (Å²) in [7, 11) is 0. The zero-order valence-corrected chi connectivity index (χ0v) is 16.3. The highest BCUT2D eigenvalue weighted by Crippen LogP contribution is 2.32. The molecule has 1 fully saturated rings. The number of pyridine rings is 1. The van der Waals surface area contributed by atoms with E-state index in [2.05, 4.69) is 25.5 Å². The lowest BCUT2D eigenvalue weighted by molar-refractivity contribution is 0.0724. The van der Waals surface area contributed by atoms with Crippen LogP contribution >= 0.6 is 0 Å². The minimum absolute atomic E-state index is 0.126. The normalized spacial score (nSPS) is 18.6. The summed E-state index contributed by atoms with van der Waals surface area (Å²) in [6.45, 7) is 4.05. The molecule has 2 N–H and O–H groups in total. The van der Waals surface area contributed by atoms with Gasteiger partial charge in [0.05, 0.1) is 6.04 Å². The van der Waals surface area contributed by atoms with E-state index in [4.69, 9.17) is 0 Å². The van der Waals surface area contributed by atoms with Crippen LogP contribution in [0.3, 0.4) is 0 Å². The third-order valence-electron chi connectivity index (χ3n) is 4.99. The van der Waals surface area contributed by atoms with Crippen molar-refractivity contribution in [1.29, 1.82) is 0 Å². The van der Waals surface area contributed by atoms with Gasteiger partial charge in [-0.3, -0.25) is 19.7 Å². The van der Waals surface area contributed by atoms with E-state index in [0.29, 0.717) is 35.7 Å². The molecule has 1 saturated heterocycles. The first-order chi connectivity index (χ1) is 14.0. The molecule has 8 heteroatoms. The van der Waals surface area contributed by atoms with Crippen LogP contribution in [-0.4, -0.2) is 49.5 Å². The van der Waals surface area contributed by atoms with Gasteiger partial charge in [0.2, 0.25) is 0 Å². The maximum Gasteiger partial charge on any atom is 0.254 e. The molecule has 148 valence electrons. The van der Waals surface area contributed by atoms with Crippen molar-refractivity contribution in [2.45, 2.75) is 32.4 Å². The van der Waals surface area contributed by atoms with Gasteiger partial charge >= 0.3 is 0 Å². The minimum Gasteiger partial charge on any atom is -0.347 e. The number of H-pyrrole nitrogens is 1. The van der Waals surface area contributed by atoms with Crippen LogP contribution in [0, 0.1) is 13.8 Å². The van der Waals surface area contributed by atoms with Crippen LogP contribution in [0.5, 0.6) is 0 Å². The Hall–Kier alpha value is -3.55. The predicted octanol–water partition coefficient (Wildman–Crippen LogP) is 2.20. The number of aromatic amines is 1. The van der Waals surface area contributed by atoms with Gasteiger partial charge in [0.1, 0.15) is 5.82 Å². The van der Waals surface area contributed by atoms with E-state index in [9.17, 15) is 9.59 Å². The van der Waals surface area contributed by atoms with E-state index >= 15 is 0 Å². The number of hydrogen-bond acceptors (Lipinski definition) is 5. The molecule has 1 aliphatic rings. The van der Waals surface area contributed by atoms with Crippen molar-refractivity contribution in [2.24, 2.45) is 0 Å². The second kappa shape index (κ2) is 7.83. The van der Waals surface area contributed by atoms with E-state index in [1.165, 1.54) is 0 Å². The number of carbonyl (C=O) groups is 2. The highest BCUT2D eigenvalue weighted by molar-refractivity contribution is 5.96. The molecule has 0 unspecified atom stereocenters. The Morgan fingerprint density at radius 2 is 1.93 bits per heavy atom. The van der Waals surface area contributed by atoms with Crippen molar-refractivity contribution in [2.75, 3.05) is 6.54 Å². The molecule has 2 amide bonds. The van der Waals surface area contributed by atoms with E-state index in [-0.39, 0.29) is 23.9 Å². The predicted molar refractivity (Wildman–Crippen MR) is 106 cm³/mol. The van der Waals surface area contributed by atoms with Crippen LogP contribution in [-0.2, 0) is 0 Å².